The van der Waals surface area contributed by atoms with Crippen LogP contribution < -0.4 is 5.32 Å². The first-order valence-electron chi connectivity index (χ1n) is 6.64. The number of nitrogens with one attached hydrogen (secondary N) is 1. The lowest BCUT2D eigenvalue weighted by atomic mass is 9.82. The van der Waals surface area contributed by atoms with Crippen LogP contribution in [0.1, 0.15) is 52.3 Å². The lowest BCUT2D eigenvalue weighted by Crippen LogP contribution is -2.25. The van der Waals surface area contributed by atoms with E-state index in [-0.39, 0.29) is 0 Å². The second kappa shape index (κ2) is 5.04. The van der Waals surface area contributed by atoms with Crippen LogP contribution in [0, 0.1) is 11.3 Å². The van der Waals surface area contributed by atoms with Gasteiger partial charge in [-0.1, -0.05) is 39.3 Å². The number of hydrogen-bond acceptors (Lipinski definition) is 3. The summed E-state index contributed by atoms with van der Waals surface area (Å²) in [5, 5.41) is 3.92. The average molecular weight is 268 g/mol. The van der Waals surface area contributed by atoms with E-state index in [0.717, 1.165) is 18.2 Å². The summed E-state index contributed by atoms with van der Waals surface area (Å²) in [6.45, 7) is 9.91. The van der Waals surface area contributed by atoms with E-state index in [4.69, 9.17) is 11.6 Å². The molecule has 1 heterocycles. The van der Waals surface area contributed by atoms with E-state index in [0.29, 0.717) is 22.4 Å². The van der Waals surface area contributed by atoms with Crippen LogP contribution >= 0.6 is 11.6 Å². The Morgan fingerprint density at radius 2 is 2.06 bits per heavy atom. The second-order valence-electron chi connectivity index (χ2n) is 6.36. The molecule has 1 unspecified atom stereocenters. The second-order valence-corrected chi connectivity index (χ2v) is 6.74. The predicted octanol–water partition coefficient (Wildman–Crippen LogP) is 4.10. The molecular weight excluding hydrogens is 246 g/mol. The lowest BCUT2D eigenvalue weighted by Gasteiger charge is -2.27. The Labute approximate surface area is 114 Å². The van der Waals surface area contributed by atoms with E-state index in [1.165, 1.54) is 12.8 Å². The number of anilines is 1. The molecular formula is C14H22ClN3. The average Bonchev–Trinajstić information content (AvgIpc) is 3.07. The van der Waals surface area contributed by atoms with Crippen molar-refractivity contribution in [1.82, 2.24) is 9.97 Å². The summed E-state index contributed by atoms with van der Waals surface area (Å²) in [4.78, 5) is 8.83. The molecule has 1 aliphatic carbocycles. The van der Waals surface area contributed by atoms with Crippen molar-refractivity contribution in [1.29, 1.82) is 0 Å². The first-order valence-corrected chi connectivity index (χ1v) is 7.02. The molecule has 18 heavy (non-hydrogen) atoms. The summed E-state index contributed by atoms with van der Waals surface area (Å²) >= 11 is 6.04. The minimum absolute atomic E-state index is 0.295. The quantitative estimate of drug-likeness (QED) is 0.835. The summed E-state index contributed by atoms with van der Waals surface area (Å²) in [5.74, 6) is 2.85. The van der Waals surface area contributed by atoms with Crippen molar-refractivity contribution in [3.05, 3.63) is 17.0 Å². The molecule has 0 saturated heterocycles. The fourth-order valence-corrected chi connectivity index (χ4v) is 1.80. The summed E-state index contributed by atoms with van der Waals surface area (Å²) in [6, 6.07) is 1.81. The smallest absolute Gasteiger partial charge is 0.135 e. The van der Waals surface area contributed by atoms with Gasteiger partial charge in [-0.25, -0.2) is 9.97 Å². The van der Waals surface area contributed by atoms with Gasteiger partial charge in [0.2, 0.25) is 0 Å². The highest BCUT2D eigenvalue weighted by molar-refractivity contribution is 6.29. The Morgan fingerprint density at radius 1 is 1.39 bits per heavy atom. The van der Waals surface area contributed by atoms with Crippen LogP contribution in [-0.4, -0.2) is 16.5 Å². The Balaban J connectivity index is 2.00. The zero-order valence-electron chi connectivity index (χ0n) is 11.6. The van der Waals surface area contributed by atoms with Crippen molar-refractivity contribution in [2.75, 3.05) is 11.9 Å². The zero-order valence-corrected chi connectivity index (χ0v) is 12.4. The predicted molar refractivity (Wildman–Crippen MR) is 76.1 cm³/mol. The fourth-order valence-electron chi connectivity index (χ4n) is 1.61. The van der Waals surface area contributed by atoms with E-state index >= 15 is 0 Å². The molecule has 2 rings (SSSR count). The van der Waals surface area contributed by atoms with Crippen LogP contribution in [0.5, 0.6) is 0 Å². The first-order chi connectivity index (χ1) is 8.36. The van der Waals surface area contributed by atoms with Gasteiger partial charge in [-0.05, 0) is 24.2 Å². The molecule has 100 valence electrons. The van der Waals surface area contributed by atoms with Crippen LogP contribution in [-0.2, 0) is 0 Å². The molecule has 3 nitrogen and oxygen atoms in total. The van der Waals surface area contributed by atoms with Crippen molar-refractivity contribution in [3.63, 3.8) is 0 Å². The molecule has 1 aliphatic rings. The standard InChI is InChI=1S/C14H22ClN3/c1-9(14(2,3)4)8-16-12-7-11(15)17-13(18-12)10-5-6-10/h7,9-10H,5-6,8H2,1-4H3,(H,16,17,18). The third kappa shape index (κ3) is 3.58. The zero-order chi connectivity index (χ0) is 13.3. The van der Waals surface area contributed by atoms with Crippen LogP contribution in [0.2, 0.25) is 5.15 Å². The Kier molecular flexibility index (Phi) is 3.81. The third-order valence-corrected chi connectivity index (χ3v) is 3.92. The van der Waals surface area contributed by atoms with E-state index in [1.54, 1.807) is 0 Å². The van der Waals surface area contributed by atoms with Gasteiger partial charge in [-0.3, -0.25) is 0 Å². The van der Waals surface area contributed by atoms with Crippen LogP contribution in [0.15, 0.2) is 6.07 Å². The van der Waals surface area contributed by atoms with Gasteiger partial charge in [0, 0.05) is 18.5 Å². The number of hydrogen-bond donors (Lipinski definition) is 1. The maximum absolute atomic E-state index is 6.04. The molecule has 1 aromatic rings. The third-order valence-electron chi connectivity index (χ3n) is 3.72. The van der Waals surface area contributed by atoms with Gasteiger partial charge < -0.3 is 5.32 Å². The lowest BCUT2D eigenvalue weighted by molar-refractivity contribution is 0.274. The Morgan fingerprint density at radius 3 is 2.61 bits per heavy atom. The van der Waals surface area contributed by atoms with Crippen molar-refractivity contribution in [2.24, 2.45) is 11.3 Å². The van der Waals surface area contributed by atoms with E-state index < -0.39 is 0 Å². The number of rotatable bonds is 4. The number of aromatic nitrogens is 2. The van der Waals surface area contributed by atoms with Crippen molar-refractivity contribution in [2.45, 2.75) is 46.5 Å². The van der Waals surface area contributed by atoms with Gasteiger partial charge in [0.25, 0.3) is 0 Å². The van der Waals surface area contributed by atoms with Gasteiger partial charge in [0.15, 0.2) is 0 Å². The minimum atomic E-state index is 0.295. The molecule has 4 heteroatoms. The SMILES string of the molecule is CC(CNc1cc(Cl)nc(C2CC2)n1)C(C)(C)C. The summed E-state index contributed by atoms with van der Waals surface area (Å²) in [6.07, 6.45) is 2.39. The molecule has 1 fully saturated rings. The van der Waals surface area contributed by atoms with Gasteiger partial charge in [-0.15, -0.1) is 0 Å². The monoisotopic (exact) mass is 267 g/mol. The van der Waals surface area contributed by atoms with Crippen molar-refractivity contribution < 1.29 is 0 Å². The van der Waals surface area contributed by atoms with Crippen LogP contribution in [0.4, 0.5) is 5.82 Å². The summed E-state index contributed by atoms with van der Waals surface area (Å²) in [5.41, 5.74) is 0.295. The van der Waals surface area contributed by atoms with E-state index in [9.17, 15) is 0 Å². The maximum atomic E-state index is 6.04. The molecule has 0 spiro atoms. The molecule has 1 aromatic heterocycles. The van der Waals surface area contributed by atoms with E-state index in [2.05, 4.69) is 43.0 Å². The minimum Gasteiger partial charge on any atom is -0.370 e. The largest absolute Gasteiger partial charge is 0.370 e. The number of nitrogens with zero attached hydrogens (tertiary/aromatic N) is 2. The van der Waals surface area contributed by atoms with Gasteiger partial charge >= 0.3 is 0 Å². The van der Waals surface area contributed by atoms with E-state index in [1.807, 2.05) is 6.07 Å². The number of halogens is 1. The first kappa shape index (κ1) is 13.6. The van der Waals surface area contributed by atoms with Gasteiger partial charge in [-0.2, -0.15) is 0 Å². The topological polar surface area (TPSA) is 37.8 Å². The molecule has 1 atom stereocenters. The molecule has 0 amide bonds. The van der Waals surface area contributed by atoms with Crippen LogP contribution in [0.25, 0.3) is 0 Å². The normalized spacial score (nSPS) is 17.6. The maximum Gasteiger partial charge on any atom is 0.135 e. The molecule has 1 saturated carbocycles. The van der Waals surface area contributed by atoms with Gasteiger partial charge in [0.05, 0.1) is 0 Å². The molecule has 0 aliphatic heterocycles. The molecule has 0 aromatic carbocycles. The Hall–Kier alpha value is -0.830. The molecule has 0 radical (unpaired) electrons. The van der Waals surface area contributed by atoms with Crippen LogP contribution in [0.3, 0.4) is 0 Å². The summed E-state index contributed by atoms with van der Waals surface area (Å²) in [7, 11) is 0. The summed E-state index contributed by atoms with van der Waals surface area (Å²) < 4.78 is 0. The Bertz CT molecular complexity index is 422. The highest BCUT2D eigenvalue weighted by Crippen LogP contribution is 2.38. The molecule has 0 bridgehead atoms. The van der Waals surface area contributed by atoms with Gasteiger partial charge in [0.1, 0.15) is 16.8 Å². The fraction of sp³-hybridized carbons (Fsp3) is 0.714. The highest BCUT2D eigenvalue weighted by Gasteiger charge is 2.27. The van der Waals surface area contributed by atoms with Crippen molar-refractivity contribution >= 4 is 17.4 Å². The van der Waals surface area contributed by atoms with Crippen molar-refractivity contribution in [3.8, 4) is 0 Å². The molecule has 1 N–H and O–H groups in total. The highest BCUT2D eigenvalue weighted by atomic mass is 35.5.